The zero-order chi connectivity index (χ0) is 17.0. The molecule has 0 aliphatic heterocycles. The molecule has 4 nitrogen and oxygen atoms in total. The molecule has 0 aromatic heterocycles. The highest BCUT2D eigenvalue weighted by atomic mass is 35.5. The first-order chi connectivity index (χ1) is 10.9. The van der Waals surface area contributed by atoms with E-state index < -0.39 is 18.5 Å². The molecule has 2 aromatic carbocycles. The minimum absolute atomic E-state index is 0.0257. The van der Waals surface area contributed by atoms with Gasteiger partial charge in [0.1, 0.15) is 0 Å². The van der Waals surface area contributed by atoms with Crippen LogP contribution in [0.4, 0.5) is 5.69 Å². The van der Waals surface area contributed by atoms with E-state index in [0.717, 1.165) is 0 Å². The lowest BCUT2D eigenvalue weighted by Crippen LogP contribution is -2.21. The van der Waals surface area contributed by atoms with Gasteiger partial charge < -0.3 is 10.1 Å². The summed E-state index contributed by atoms with van der Waals surface area (Å²) in [6, 6.07) is 9.35. The molecule has 0 atom stereocenters. The van der Waals surface area contributed by atoms with Crippen molar-refractivity contribution in [3.05, 3.63) is 62.1 Å². The van der Waals surface area contributed by atoms with E-state index in [2.05, 4.69) is 5.32 Å². The molecule has 120 valence electrons. The molecular weight excluding hydrogens is 384 g/mol. The maximum Gasteiger partial charge on any atom is 0.341 e. The Bertz CT molecular complexity index is 747. The van der Waals surface area contributed by atoms with E-state index in [0.29, 0.717) is 10.7 Å². The zero-order valence-corrected chi connectivity index (χ0v) is 14.4. The Morgan fingerprint density at radius 2 is 1.52 bits per heavy atom. The number of halogens is 4. The first-order valence-corrected chi connectivity index (χ1v) is 7.75. The van der Waals surface area contributed by atoms with Gasteiger partial charge in [-0.05, 0) is 36.4 Å². The molecule has 0 spiro atoms. The maximum absolute atomic E-state index is 12.0. The third-order valence-electron chi connectivity index (χ3n) is 2.71. The summed E-state index contributed by atoms with van der Waals surface area (Å²) in [4.78, 5) is 23.7. The van der Waals surface area contributed by atoms with E-state index >= 15 is 0 Å². The van der Waals surface area contributed by atoms with Crippen molar-refractivity contribution in [1.29, 1.82) is 0 Å². The van der Waals surface area contributed by atoms with Crippen LogP contribution in [-0.2, 0) is 9.53 Å². The van der Waals surface area contributed by atoms with Crippen molar-refractivity contribution >= 4 is 64.0 Å². The van der Waals surface area contributed by atoms with Gasteiger partial charge in [0.2, 0.25) is 0 Å². The SMILES string of the molecule is O=C(COC(=O)c1c(Cl)ccc(Cl)c1Cl)Nc1ccc(Cl)cc1. The highest BCUT2D eigenvalue weighted by Gasteiger charge is 2.19. The highest BCUT2D eigenvalue weighted by molar-refractivity contribution is 6.46. The van der Waals surface area contributed by atoms with Gasteiger partial charge >= 0.3 is 5.97 Å². The lowest BCUT2D eigenvalue weighted by atomic mass is 10.2. The average molecular weight is 393 g/mol. The van der Waals surface area contributed by atoms with Crippen LogP contribution in [0.15, 0.2) is 36.4 Å². The third kappa shape index (κ3) is 4.75. The first-order valence-electron chi connectivity index (χ1n) is 6.24. The molecule has 1 N–H and O–H groups in total. The monoisotopic (exact) mass is 391 g/mol. The quantitative estimate of drug-likeness (QED) is 0.581. The van der Waals surface area contributed by atoms with Gasteiger partial charge in [0.15, 0.2) is 6.61 Å². The summed E-state index contributed by atoms with van der Waals surface area (Å²) in [6.45, 7) is -0.499. The molecule has 0 fully saturated rings. The van der Waals surface area contributed by atoms with Gasteiger partial charge in [-0.2, -0.15) is 0 Å². The van der Waals surface area contributed by atoms with Crippen LogP contribution in [0.3, 0.4) is 0 Å². The Morgan fingerprint density at radius 3 is 2.17 bits per heavy atom. The molecule has 0 saturated heterocycles. The van der Waals surface area contributed by atoms with Crippen LogP contribution in [0.1, 0.15) is 10.4 Å². The van der Waals surface area contributed by atoms with Crippen LogP contribution in [-0.4, -0.2) is 18.5 Å². The van der Waals surface area contributed by atoms with Crippen molar-refractivity contribution in [2.75, 3.05) is 11.9 Å². The summed E-state index contributed by atoms with van der Waals surface area (Å²) in [7, 11) is 0. The second-order valence-corrected chi connectivity index (χ2v) is 5.98. The van der Waals surface area contributed by atoms with Gasteiger partial charge in [-0.3, -0.25) is 4.79 Å². The predicted molar refractivity (Wildman–Crippen MR) is 91.8 cm³/mol. The fraction of sp³-hybridized carbons (Fsp3) is 0.0667. The third-order valence-corrected chi connectivity index (χ3v) is 4.08. The van der Waals surface area contributed by atoms with Crippen LogP contribution in [0, 0.1) is 0 Å². The lowest BCUT2D eigenvalue weighted by molar-refractivity contribution is -0.119. The van der Waals surface area contributed by atoms with E-state index in [-0.39, 0.29) is 20.6 Å². The molecule has 0 heterocycles. The van der Waals surface area contributed by atoms with Gasteiger partial charge in [0.05, 0.1) is 20.6 Å². The van der Waals surface area contributed by atoms with E-state index in [1.54, 1.807) is 24.3 Å². The van der Waals surface area contributed by atoms with Crippen molar-refractivity contribution in [1.82, 2.24) is 0 Å². The Hall–Kier alpha value is -1.46. The summed E-state index contributed by atoms with van der Waals surface area (Å²) < 4.78 is 4.90. The van der Waals surface area contributed by atoms with Gasteiger partial charge in [-0.25, -0.2) is 4.79 Å². The van der Waals surface area contributed by atoms with Gasteiger partial charge in [-0.1, -0.05) is 46.4 Å². The molecule has 0 aliphatic rings. The van der Waals surface area contributed by atoms with Crippen molar-refractivity contribution in [2.24, 2.45) is 0 Å². The van der Waals surface area contributed by atoms with Crippen LogP contribution in [0.5, 0.6) is 0 Å². The minimum Gasteiger partial charge on any atom is -0.452 e. The number of rotatable bonds is 4. The standard InChI is InChI=1S/C15H9Cl4NO3/c16-8-1-3-9(4-2-8)20-12(21)7-23-15(22)13-10(17)5-6-11(18)14(13)19/h1-6H,7H2,(H,20,21). The molecule has 0 saturated carbocycles. The fourth-order valence-corrected chi connectivity index (χ4v) is 2.46. The number of hydrogen-bond donors (Lipinski definition) is 1. The van der Waals surface area contributed by atoms with Gasteiger partial charge in [0.25, 0.3) is 5.91 Å². The molecule has 0 unspecified atom stereocenters. The normalized spacial score (nSPS) is 10.3. The number of benzene rings is 2. The number of ether oxygens (including phenoxy) is 1. The van der Waals surface area contributed by atoms with Gasteiger partial charge in [-0.15, -0.1) is 0 Å². The lowest BCUT2D eigenvalue weighted by Gasteiger charge is -2.09. The molecule has 1 amide bonds. The number of carbonyl (C=O) groups excluding carboxylic acids is 2. The summed E-state index contributed by atoms with van der Waals surface area (Å²) >= 11 is 23.4. The topological polar surface area (TPSA) is 55.4 Å². The smallest absolute Gasteiger partial charge is 0.341 e. The van der Waals surface area contributed by atoms with E-state index in [1.165, 1.54) is 12.1 Å². The second-order valence-electron chi connectivity index (χ2n) is 4.35. The summed E-state index contributed by atoms with van der Waals surface area (Å²) in [5, 5.41) is 3.31. The average Bonchev–Trinajstić information content (AvgIpc) is 2.51. The molecular formula is C15H9Cl4NO3. The second kappa shape index (κ2) is 7.88. The highest BCUT2D eigenvalue weighted by Crippen LogP contribution is 2.31. The molecule has 2 aromatic rings. The Kier molecular flexibility index (Phi) is 6.13. The van der Waals surface area contributed by atoms with Crippen LogP contribution in [0.2, 0.25) is 20.1 Å². The van der Waals surface area contributed by atoms with Gasteiger partial charge in [0, 0.05) is 10.7 Å². The number of nitrogens with one attached hydrogen (secondary N) is 1. The summed E-state index contributed by atoms with van der Waals surface area (Å²) in [5.41, 5.74) is 0.439. The number of hydrogen-bond acceptors (Lipinski definition) is 3. The van der Waals surface area contributed by atoms with E-state index in [9.17, 15) is 9.59 Å². The molecule has 0 radical (unpaired) electrons. The van der Waals surface area contributed by atoms with Crippen molar-refractivity contribution in [3.63, 3.8) is 0 Å². The minimum atomic E-state index is -0.839. The van der Waals surface area contributed by atoms with E-state index in [1.807, 2.05) is 0 Å². The van der Waals surface area contributed by atoms with Crippen molar-refractivity contribution in [2.45, 2.75) is 0 Å². The predicted octanol–water partition coefficient (Wildman–Crippen LogP) is 5.10. The van der Waals surface area contributed by atoms with Crippen LogP contribution < -0.4 is 5.32 Å². The summed E-state index contributed by atoms with van der Waals surface area (Å²) in [6.07, 6.45) is 0. The Labute approximate surface area is 152 Å². The summed E-state index contributed by atoms with van der Waals surface area (Å²) in [5.74, 6) is -1.36. The number of carbonyl (C=O) groups is 2. The molecule has 0 aliphatic carbocycles. The van der Waals surface area contributed by atoms with E-state index in [4.69, 9.17) is 51.1 Å². The fourth-order valence-electron chi connectivity index (χ4n) is 1.65. The van der Waals surface area contributed by atoms with Crippen molar-refractivity contribution in [3.8, 4) is 0 Å². The molecule has 8 heteroatoms. The van der Waals surface area contributed by atoms with Crippen LogP contribution >= 0.6 is 46.4 Å². The molecule has 0 bridgehead atoms. The Morgan fingerprint density at radius 1 is 0.913 bits per heavy atom. The van der Waals surface area contributed by atoms with Crippen molar-refractivity contribution < 1.29 is 14.3 Å². The van der Waals surface area contributed by atoms with Crippen LogP contribution in [0.25, 0.3) is 0 Å². The largest absolute Gasteiger partial charge is 0.452 e. The first kappa shape index (κ1) is 17.9. The molecule has 2 rings (SSSR count). The number of amides is 1. The number of anilines is 1. The Balaban J connectivity index is 1.98. The zero-order valence-electron chi connectivity index (χ0n) is 11.4. The molecule has 23 heavy (non-hydrogen) atoms. The maximum atomic E-state index is 12.0. The number of esters is 1.